The quantitative estimate of drug-likeness (QED) is 0.855. The highest BCUT2D eigenvalue weighted by Gasteiger charge is 2.29. The third-order valence-corrected chi connectivity index (χ3v) is 3.27. The van der Waals surface area contributed by atoms with Crippen molar-refractivity contribution in [2.24, 2.45) is 11.8 Å². The molecule has 1 aliphatic heterocycles. The standard InChI is InChI=1S/C14H20N2O2/c1-3-18-12-6-4-5-11(7-12)16-14(17)13-9-15-8-10(13)2/h4-7,10,13,15H,3,8-9H2,1-2H3,(H,16,17)/t10-,13-/m1/s1. The number of benzene rings is 1. The lowest BCUT2D eigenvalue weighted by Gasteiger charge is -2.14. The van der Waals surface area contributed by atoms with Gasteiger partial charge in [0.1, 0.15) is 5.75 Å². The van der Waals surface area contributed by atoms with Gasteiger partial charge in [0.15, 0.2) is 0 Å². The monoisotopic (exact) mass is 248 g/mol. The van der Waals surface area contributed by atoms with Crippen LogP contribution in [0.25, 0.3) is 0 Å². The molecule has 18 heavy (non-hydrogen) atoms. The Morgan fingerprint density at radius 2 is 2.33 bits per heavy atom. The first-order chi connectivity index (χ1) is 8.70. The molecule has 1 amide bonds. The second-order valence-electron chi connectivity index (χ2n) is 4.69. The van der Waals surface area contributed by atoms with Crippen LogP contribution >= 0.6 is 0 Å². The smallest absolute Gasteiger partial charge is 0.229 e. The highest BCUT2D eigenvalue weighted by molar-refractivity contribution is 5.93. The van der Waals surface area contributed by atoms with Crippen LogP contribution in [0.15, 0.2) is 24.3 Å². The predicted molar refractivity (Wildman–Crippen MR) is 71.8 cm³/mol. The first-order valence-electron chi connectivity index (χ1n) is 6.45. The molecule has 0 radical (unpaired) electrons. The highest BCUT2D eigenvalue weighted by atomic mass is 16.5. The Morgan fingerprint density at radius 3 is 3.00 bits per heavy atom. The molecule has 1 fully saturated rings. The van der Waals surface area contributed by atoms with Gasteiger partial charge >= 0.3 is 0 Å². The largest absolute Gasteiger partial charge is 0.494 e. The van der Waals surface area contributed by atoms with E-state index in [-0.39, 0.29) is 11.8 Å². The van der Waals surface area contributed by atoms with E-state index in [0.29, 0.717) is 12.5 Å². The molecule has 1 aromatic rings. The molecule has 2 rings (SSSR count). The molecule has 2 N–H and O–H groups in total. The number of nitrogens with one attached hydrogen (secondary N) is 2. The van der Waals surface area contributed by atoms with Gasteiger partial charge in [0, 0.05) is 18.3 Å². The van der Waals surface area contributed by atoms with Crippen LogP contribution in [0, 0.1) is 11.8 Å². The van der Waals surface area contributed by atoms with Crippen LogP contribution in [0.3, 0.4) is 0 Å². The second kappa shape index (κ2) is 5.87. The zero-order valence-corrected chi connectivity index (χ0v) is 10.9. The summed E-state index contributed by atoms with van der Waals surface area (Å²) >= 11 is 0. The summed E-state index contributed by atoms with van der Waals surface area (Å²) < 4.78 is 5.41. The zero-order chi connectivity index (χ0) is 13.0. The van der Waals surface area contributed by atoms with Crippen molar-refractivity contribution >= 4 is 11.6 Å². The van der Waals surface area contributed by atoms with Gasteiger partial charge in [-0.15, -0.1) is 0 Å². The minimum atomic E-state index is 0.0562. The summed E-state index contributed by atoms with van der Waals surface area (Å²) in [4.78, 5) is 12.1. The number of ether oxygens (including phenoxy) is 1. The van der Waals surface area contributed by atoms with Gasteiger partial charge in [-0.3, -0.25) is 4.79 Å². The molecule has 2 atom stereocenters. The first kappa shape index (κ1) is 12.9. The van der Waals surface area contributed by atoms with Crippen molar-refractivity contribution < 1.29 is 9.53 Å². The topological polar surface area (TPSA) is 50.4 Å². The summed E-state index contributed by atoms with van der Waals surface area (Å²) in [6.07, 6.45) is 0. The minimum absolute atomic E-state index is 0.0562. The maximum Gasteiger partial charge on any atom is 0.229 e. The van der Waals surface area contributed by atoms with Crippen molar-refractivity contribution in [2.75, 3.05) is 25.0 Å². The van der Waals surface area contributed by atoms with E-state index < -0.39 is 0 Å². The van der Waals surface area contributed by atoms with Crippen LogP contribution in [-0.2, 0) is 4.79 Å². The zero-order valence-electron chi connectivity index (χ0n) is 10.9. The van der Waals surface area contributed by atoms with Gasteiger partial charge in [0.2, 0.25) is 5.91 Å². The summed E-state index contributed by atoms with van der Waals surface area (Å²) in [5, 5.41) is 6.19. The lowest BCUT2D eigenvalue weighted by Crippen LogP contribution is -2.27. The Hall–Kier alpha value is -1.55. The number of anilines is 1. The number of carbonyl (C=O) groups is 1. The average molecular weight is 248 g/mol. The van der Waals surface area contributed by atoms with Gasteiger partial charge in [-0.2, -0.15) is 0 Å². The molecule has 0 spiro atoms. The summed E-state index contributed by atoms with van der Waals surface area (Å²) in [6, 6.07) is 7.51. The van der Waals surface area contributed by atoms with Crippen molar-refractivity contribution in [1.29, 1.82) is 0 Å². The van der Waals surface area contributed by atoms with E-state index in [4.69, 9.17) is 4.74 Å². The van der Waals surface area contributed by atoms with Crippen molar-refractivity contribution in [2.45, 2.75) is 13.8 Å². The van der Waals surface area contributed by atoms with E-state index in [1.807, 2.05) is 31.2 Å². The average Bonchev–Trinajstić information content (AvgIpc) is 2.76. The Balaban J connectivity index is 2.00. The molecule has 0 bridgehead atoms. The van der Waals surface area contributed by atoms with Crippen LogP contribution in [0.5, 0.6) is 5.75 Å². The molecular weight excluding hydrogens is 228 g/mol. The fourth-order valence-corrected chi connectivity index (χ4v) is 2.23. The van der Waals surface area contributed by atoms with Crippen molar-refractivity contribution in [1.82, 2.24) is 5.32 Å². The van der Waals surface area contributed by atoms with Crippen LogP contribution < -0.4 is 15.4 Å². The van der Waals surface area contributed by atoms with Crippen molar-refractivity contribution in [3.63, 3.8) is 0 Å². The summed E-state index contributed by atoms with van der Waals surface area (Å²) in [7, 11) is 0. The molecule has 1 aliphatic rings. The van der Waals surface area contributed by atoms with Crippen LogP contribution in [-0.4, -0.2) is 25.6 Å². The molecule has 0 aromatic heterocycles. The van der Waals surface area contributed by atoms with Gasteiger partial charge in [-0.25, -0.2) is 0 Å². The Morgan fingerprint density at radius 1 is 1.50 bits per heavy atom. The van der Waals surface area contributed by atoms with Crippen molar-refractivity contribution in [3.05, 3.63) is 24.3 Å². The minimum Gasteiger partial charge on any atom is -0.494 e. The molecule has 0 unspecified atom stereocenters. The summed E-state index contributed by atoms with van der Waals surface area (Å²) in [5.74, 6) is 1.31. The molecule has 0 aliphatic carbocycles. The highest BCUT2D eigenvalue weighted by Crippen LogP contribution is 2.21. The van der Waals surface area contributed by atoms with E-state index >= 15 is 0 Å². The maximum atomic E-state index is 12.1. The molecule has 1 saturated heterocycles. The number of carbonyl (C=O) groups excluding carboxylic acids is 1. The first-order valence-corrected chi connectivity index (χ1v) is 6.45. The molecule has 0 saturated carbocycles. The van der Waals surface area contributed by atoms with Gasteiger partial charge in [0.05, 0.1) is 12.5 Å². The van der Waals surface area contributed by atoms with Gasteiger partial charge < -0.3 is 15.4 Å². The molecule has 4 heteroatoms. The summed E-state index contributed by atoms with van der Waals surface area (Å²) in [6.45, 7) is 6.34. The van der Waals surface area contributed by atoms with Gasteiger partial charge in [0.25, 0.3) is 0 Å². The van der Waals surface area contributed by atoms with Gasteiger partial charge in [-0.1, -0.05) is 13.0 Å². The fourth-order valence-electron chi connectivity index (χ4n) is 2.23. The molecular formula is C14H20N2O2. The van der Waals surface area contributed by atoms with E-state index in [1.165, 1.54) is 0 Å². The number of hydrogen-bond donors (Lipinski definition) is 2. The molecule has 4 nitrogen and oxygen atoms in total. The number of amides is 1. The second-order valence-corrected chi connectivity index (χ2v) is 4.69. The SMILES string of the molecule is CCOc1cccc(NC(=O)[C@@H]2CNC[C@H]2C)c1. The lowest BCUT2D eigenvalue weighted by molar-refractivity contribution is -0.120. The van der Waals surface area contributed by atoms with Crippen LogP contribution in [0.4, 0.5) is 5.69 Å². The van der Waals surface area contributed by atoms with E-state index in [1.54, 1.807) is 0 Å². The summed E-state index contributed by atoms with van der Waals surface area (Å²) in [5.41, 5.74) is 0.796. The third kappa shape index (κ3) is 3.01. The Labute approximate surface area is 108 Å². The molecule has 1 heterocycles. The fraction of sp³-hybridized carbons (Fsp3) is 0.500. The molecule has 1 aromatic carbocycles. The third-order valence-electron chi connectivity index (χ3n) is 3.27. The number of hydrogen-bond acceptors (Lipinski definition) is 3. The number of rotatable bonds is 4. The van der Waals surface area contributed by atoms with E-state index in [2.05, 4.69) is 17.6 Å². The van der Waals surface area contributed by atoms with Gasteiger partial charge in [-0.05, 0) is 31.5 Å². The normalized spacial score (nSPS) is 22.8. The maximum absolute atomic E-state index is 12.1. The lowest BCUT2D eigenvalue weighted by atomic mass is 9.97. The van der Waals surface area contributed by atoms with Crippen molar-refractivity contribution in [3.8, 4) is 5.75 Å². The van der Waals surface area contributed by atoms with Crippen LogP contribution in [0.1, 0.15) is 13.8 Å². The van der Waals surface area contributed by atoms with E-state index in [0.717, 1.165) is 24.5 Å². The van der Waals surface area contributed by atoms with Crippen LogP contribution in [0.2, 0.25) is 0 Å². The Kier molecular flexibility index (Phi) is 4.20. The predicted octanol–water partition coefficient (Wildman–Crippen LogP) is 1.88. The Bertz CT molecular complexity index is 420. The molecule has 98 valence electrons. The van der Waals surface area contributed by atoms with E-state index in [9.17, 15) is 4.79 Å².